The SMILES string of the molecule is O=C(COc1ccc(C2CCCCC2)cc1)Nc1ccc(F)cc1. The van der Waals surface area contributed by atoms with Crippen molar-refractivity contribution in [3.63, 3.8) is 0 Å². The third-order valence-electron chi connectivity index (χ3n) is 4.45. The highest BCUT2D eigenvalue weighted by atomic mass is 19.1. The second kappa shape index (κ2) is 7.95. The molecule has 1 aliphatic carbocycles. The second-order valence-corrected chi connectivity index (χ2v) is 6.25. The third-order valence-corrected chi connectivity index (χ3v) is 4.45. The molecule has 0 atom stereocenters. The summed E-state index contributed by atoms with van der Waals surface area (Å²) in [4.78, 5) is 11.9. The summed E-state index contributed by atoms with van der Waals surface area (Å²) in [5.74, 6) is 0.749. The van der Waals surface area contributed by atoms with Crippen molar-refractivity contribution in [1.29, 1.82) is 0 Å². The van der Waals surface area contributed by atoms with E-state index in [-0.39, 0.29) is 18.3 Å². The Morgan fingerprint density at radius 3 is 2.33 bits per heavy atom. The lowest BCUT2D eigenvalue weighted by atomic mass is 9.84. The van der Waals surface area contributed by atoms with Crippen molar-refractivity contribution in [2.75, 3.05) is 11.9 Å². The number of benzene rings is 2. The zero-order valence-corrected chi connectivity index (χ0v) is 13.6. The van der Waals surface area contributed by atoms with E-state index in [2.05, 4.69) is 17.4 Å². The molecule has 0 saturated heterocycles. The van der Waals surface area contributed by atoms with Crippen LogP contribution >= 0.6 is 0 Å². The van der Waals surface area contributed by atoms with Gasteiger partial charge in [-0.15, -0.1) is 0 Å². The summed E-state index contributed by atoms with van der Waals surface area (Å²) in [5, 5.41) is 2.67. The van der Waals surface area contributed by atoms with Gasteiger partial charge in [0, 0.05) is 5.69 Å². The Kier molecular flexibility index (Phi) is 5.47. The highest BCUT2D eigenvalue weighted by molar-refractivity contribution is 5.91. The van der Waals surface area contributed by atoms with Crippen LogP contribution in [0.15, 0.2) is 48.5 Å². The van der Waals surface area contributed by atoms with Gasteiger partial charge in [0.2, 0.25) is 0 Å². The number of amides is 1. The summed E-state index contributed by atoms with van der Waals surface area (Å²) in [5.41, 5.74) is 1.91. The first kappa shape index (κ1) is 16.5. The smallest absolute Gasteiger partial charge is 0.262 e. The van der Waals surface area contributed by atoms with E-state index in [4.69, 9.17) is 4.74 Å². The summed E-state index contributed by atoms with van der Waals surface area (Å²) in [6.07, 6.45) is 6.50. The molecular weight excluding hydrogens is 305 g/mol. The maximum atomic E-state index is 12.8. The molecule has 0 bridgehead atoms. The molecule has 1 N–H and O–H groups in total. The van der Waals surface area contributed by atoms with Crippen LogP contribution in [0.5, 0.6) is 5.75 Å². The highest BCUT2D eigenvalue weighted by Gasteiger charge is 2.15. The van der Waals surface area contributed by atoms with Crippen LogP contribution in [0.3, 0.4) is 0 Å². The van der Waals surface area contributed by atoms with Crippen LogP contribution in [-0.2, 0) is 4.79 Å². The van der Waals surface area contributed by atoms with Crippen LogP contribution in [0.4, 0.5) is 10.1 Å². The largest absolute Gasteiger partial charge is 0.484 e. The molecule has 0 spiro atoms. The maximum absolute atomic E-state index is 12.8. The molecule has 0 radical (unpaired) electrons. The topological polar surface area (TPSA) is 38.3 Å². The molecule has 24 heavy (non-hydrogen) atoms. The maximum Gasteiger partial charge on any atom is 0.262 e. The predicted octanol–water partition coefficient (Wildman–Crippen LogP) is 4.89. The Balaban J connectivity index is 1.49. The van der Waals surface area contributed by atoms with Gasteiger partial charge in [0.05, 0.1) is 0 Å². The molecule has 0 aromatic heterocycles. The minimum absolute atomic E-state index is 0.0693. The van der Waals surface area contributed by atoms with Gasteiger partial charge in [-0.3, -0.25) is 4.79 Å². The molecule has 3 rings (SSSR count). The standard InChI is InChI=1S/C20H22FNO2/c21-17-8-10-18(11-9-17)22-20(23)14-24-19-12-6-16(7-13-19)15-4-2-1-3-5-15/h6-13,15H,1-5,14H2,(H,22,23). The Labute approximate surface area is 141 Å². The fourth-order valence-electron chi connectivity index (χ4n) is 3.15. The van der Waals surface area contributed by atoms with Crippen LogP contribution in [0.25, 0.3) is 0 Å². The van der Waals surface area contributed by atoms with Gasteiger partial charge in [-0.1, -0.05) is 31.4 Å². The monoisotopic (exact) mass is 327 g/mol. The Morgan fingerprint density at radius 2 is 1.67 bits per heavy atom. The average molecular weight is 327 g/mol. The number of halogens is 1. The van der Waals surface area contributed by atoms with Crippen molar-refractivity contribution in [3.05, 3.63) is 59.9 Å². The third kappa shape index (κ3) is 4.57. The first-order valence-corrected chi connectivity index (χ1v) is 8.49. The van der Waals surface area contributed by atoms with Gasteiger partial charge in [-0.05, 0) is 60.7 Å². The molecule has 0 unspecified atom stereocenters. The van der Waals surface area contributed by atoms with Gasteiger partial charge in [0.15, 0.2) is 6.61 Å². The van der Waals surface area contributed by atoms with E-state index in [0.717, 1.165) is 0 Å². The van der Waals surface area contributed by atoms with Crippen molar-refractivity contribution in [1.82, 2.24) is 0 Å². The van der Waals surface area contributed by atoms with E-state index in [9.17, 15) is 9.18 Å². The molecule has 126 valence electrons. The normalized spacial score (nSPS) is 15.0. The lowest BCUT2D eigenvalue weighted by Gasteiger charge is -2.22. The van der Waals surface area contributed by atoms with Gasteiger partial charge >= 0.3 is 0 Å². The van der Waals surface area contributed by atoms with Crippen LogP contribution in [0, 0.1) is 5.82 Å². The van der Waals surface area contributed by atoms with Gasteiger partial charge in [-0.25, -0.2) is 4.39 Å². The fraction of sp³-hybridized carbons (Fsp3) is 0.350. The van der Waals surface area contributed by atoms with Crippen molar-refractivity contribution >= 4 is 11.6 Å². The van der Waals surface area contributed by atoms with Crippen LogP contribution in [0.1, 0.15) is 43.6 Å². The van der Waals surface area contributed by atoms with Gasteiger partial charge in [0.25, 0.3) is 5.91 Å². The van der Waals surface area contributed by atoms with Gasteiger partial charge in [0.1, 0.15) is 11.6 Å². The van der Waals surface area contributed by atoms with E-state index < -0.39 is 0 Å². The Bertz CT molecular complexity index is 661. The molecular formula is C20H22FNO2. The summed E-state index contributed by atoms with van der Waals surface area (Å²) >= 11 is 0. The molecule has 1 fully saturated rings. The van der Waals surface area contributed by atoms with Gasteiger partial charge in [-0.2, -0.15) is 0 Å². The number of carbonyl (C=O) groups is 1. The number of rotatable bonds is 5. The summed E-state index contributed by atoms with van der Waals surface area (Å²) < 4.78 is 18.3. The Hall–Kier alpha value is -2.36. The molecule has 3 nitrogen and oxygen atoms in total. The zero-order valence-electron chi connectivity index (χ0n) is 13.6. The number of hydrogen-bond donors (Lipinski definition) is 1. The number of anilines is 1. The molecule has 0 aliphatic heterocycles. The average Bonchev–Trinajstić information content (AvgIpc) is 2.63. The second-order valence-electron chi connectivity index (χ2n) is 6.25. The molecule has 4 heteroatoms. The number of ether oxygens (including phenoxy) is 1. The quantitative estimate of drug-likeness (QED) is 0.849. The lowest BCUT2D eigenvalue weighted by molar-refractivity contribution is -0.118. The highest BCUT2D eigenvalue weighted by Crippen LogP contribution is 2.33. The lowest BCUT2D eigenvalue weighted by Crippen LogP contribution is -2.20. The number of carbonyl (C=O) groups excluding carboxylic acids is 1. The fourth-order valence-corrected chi connectivity index (χ4v) is 3.15. The van der Waals surface area contributed by atoms with Crippen molar-refractivity contribution in [3.8, 4) is 5.75 Å². The molecule has 2 aromatic carbocycles. The van der Waals surface area contributed by atoms with Gasteiger partial charge < -0.3 is 10.1 Å². The van der Waals surface area contributed by atoms with Crippen molar-refractivity contribution in [2.45, 2.75) is 38.0 Å². The number of hydrogen-bond acceptors (Lipinski definition) is 2. The summed E-state index contributed by atoms with van der Waals surface area (Å²) in [7, 11) is 0. The van der Waals surface area contributed by atoms with Crippen LogP contribution in [0.2, 0.25) is 0 Å². The van der Waals surface area contributed by atoms with Crippen molar-refractivity contribution in [2.24, 2.45) is 0 Å². The van der Waals surface area contributed by atoms with Crippen molar-refractivity contribution < 1.29 is 13.9 Å². The summed E-state index contributed by atoms with van der Waals surface area (Å²) in [6, 6.07) is 13.7. The summed E-state index contributed by atoms with van der Waals surface area (Å²) in [6.45, 7) is -0.0693. The van der Waals surface area contributed by atoms with Crippen LogP contribution < -0.4 is 10.1 Å². The van der Waals surface area contributed by atoms with E-state index in [1.54, 1.807) is 0 Å². The van der Waals surface area contributed by atoms with E-state index in [1.807, 2.05) is 12.1 Å². The van der Waals surface area contributed by atoms with E-state index in [0.29, 0.717) is 17.4 Å². The van der Waals surface area contributed by atoms with E-state index >= 15 is 0 Å². The van der Waals surface area contributed by atoms with Crippen LogP contribution in [-0.4, -0.2) is 12.5 Å². The molecule has 2 aromatic rings. The zero-order chi connectivity index (χ0) is 16.8. The minimum atomic E-state index is -0.331. The number of nitrogens with one attached hydrogen (secondary N) is 1. The Morgan fingerprint density at radius 1 is 1.00 bits per heavy atom. The van der Waals surface area contributed by atoms with E-state index in [1.165, 1.54) is 61.9 Å². The molecule has 1 amide bonds. The molecule has 0 heterocycles. The first-order chi connectivity index (χ1) is 11.7. The predicted molar refractivity (Wildman–Crippen MR) is 92.8 cm³/mol. The first-order valence-electron chi connectivity index (χ1n) is 8.49. The molecule has 1 aliphatic rings. The minimum Gasteiger partial charge on any atom is -0.484 e. The molecule has 1 saturated carbocycles.